The SMILES string of the molecule is CCN(N)/C=C(\N)CN(CC1C=CN(C)N=N1)C(=O)CN. The number of amides is 1. The van der Waals surface area contributed by atoms with Crippen LogP contribution in [0.4, 0.5) is 0 Å². The molecule has 6 N–H and O–H groups in total. The predicted octanol–water partition coefficient (Wildman–Crippen LogP) is -1.04. The Labute approximate surface area is 124 Å². The van der Waals surface area contributed by atoms with Crippen LogP contribution in [-0.4, -0.2) is 60.1 Å². The zero-order valence-corrected chi connectivity index (χ0v) is 12.5. The molecule has 9 heteroatoms. The summed E-state index contributed by atoms with van der Waals surface area (Å²) in [6.45, 7) is 3.06. The van der Waals surface area contributed by atoms with E-state index < -0.39 is 0 Å². The number of hydrogen-bond acceptors (Lipinski definition) is 8. The minimum absolute atomic E-state index is 0.0825. The standard InChI is InChI=1S/C12H24N8O/c1-3-20(15)8-10(14)7-19(12(21)6-13)9-11-4-5-18(2)17-16-11/h4-5,8,11H,3,6-7,9,13-15H2,1-2H3/b10-8-. The average Bonchev–Trinajstić information content (AvgIpc) is 2.47. The van der Waals surface area contributed by atoms with E-state index in [4.69, 9.17) is 17.3 Å². The minimum atomic E-state index is -0.204. The lowest BCUT2D eigenvalue weighted by atomic mass is 10.2. The Hall–Kier alpha value is -2.13. The van der Waals surface area contributed by atoms with Crippen LogP contribution in [0.2, 0.25) is 0 Å². The van der Waals surface area contributed by atoms with E-state index in [9.17, 15) is 4.79 Å². The number of carbonyl (C=O) groups excluding carboxylic acids is 1. The third-order valence-corrected chi connectivity index (χ3v) is 2.87. The van der Waals surface area contributed by atoms with Crippen LogP contribution >= 0.6 is 0 Å². The summed E-state index contributed by atoms with van der Waals surface area (Å²) in [5.74, 6) is 5.46. The Balaban J connectivity index is 2.68. The number of nitrogens with zero attached hydrogens (tertiary/aromatic N) is 5. The van der Waals surface area contributed by atoms with Gasteiger partial charge in [0.15, 0.2) is 0 Å². The molecule has 1 heterocycles. The number of nitrogens with two attached hydrogens (primary N) is 3. The van der Waals surface area contributed by atoms with Crippen LogP contribution in [0.15, 0.2) is 34.5 Å². The first-order valence-electron chi connectivity index (χ1n) is 6.73. The summed E-state index contributed by atoms with van der Waals surface area (Å²) in [6, 6.07) is -0.204. The molecule has 0 spiro atoms. The molecule has 21 heavy (non-hydrogen) atoms. The number of hydrogen-bond donors (Lipinski definition) is 3. The zero-order valence-electron chi connectivity index (χ0n) is 12.5. The van der Waals surface area contributed by atoms with Gasteiger partial charge in [-0.3, -0.25) is 9.80 Å². The van der Waals surface area contributed by atoms with Crippen molar-refractivity contribution in [1.82, 2.24) is 14.9 Å². The van der Waals surface area contributed by atoms with Crippen molar-refractivity contribution in [3.63, 3.8) is 0 Å². The lowest BCUT2D eigenvalue weighted by molar-refractivity contribution is -0.129. The van der Waals surface area contributed by atoms with Crippen LogP contribution in [0.1, 0.15) is 6.92 Å². The molecule has 0 saturated carbocycles. The first-order chi connectivity index (χ1) is 9.96. The highest BCUT2D eigenvalue weighted by molar-refractivity contribution is 5.78. The van der Waals surface area contributed by atoms with E-state index in [1.54, 1.807) is 29.4 Å². The summed E-state index contributed by atoms with van der Waals surface area (Å²) < 4.78 is 0. The van der Waals surface area contributed by atoms with Crippen LogP contribution in [0, 0.1) is 0 Å². The largest absolute Gasteiger partial charge is 0.399 e. The Morgan fingerprint density at radius 1 is 1.52 bits per heavy atom. The molecular formula is C12H24N8O. The predicted molar refractivity (Wildman–Crippen MR) is 80.0 cm³/mol. The van der Waals surface area contributed by atoms with Crippen LogP contribution in [0.25, 0.3) is 0 Å². The van der Waals surface area contributed by atoms with E-state index in [1.165, 1.54) is 5.01 Å². The summed E-state index contributed by atoms with van der Waals surface area (Å²) >= 11 is 0. The molecule has 0 aromatic rings. The molecule has 0 radical (unpaired) electrons. The zero-order chi connectivity index (χ0) is 15.8. The van der Waals surface area contributed by atoms with Crippen molar-refractivity contribution < 1.29 is 4.79 Å². The van der Waals surface area contributed by atoms with Crippen molar-refractivity contribution in [2.75, 3.05) is 33.2 Å². The lowest BCUT2D eigenvalue weighted by Crippen LogP contribution is -2.43. The van der Waals surface area contributed by atoms with Crippen molar-refractivity contribution in [1.29, 1.82) is 0 Å². The third-order valence-electron chi connectivity index (χ3n) is 2.87. The van der Waals surface area contributed by atoms with Gasteiger partial charge in [0.1, 0.15) is 6.04 Å². The molecule has 1 aliphatic heterocycles. The Kier molecular flexibility index (Phi) is 6.63. The van der Waals surface area contributed by atoms with Crippen LogP contribution < -0.4 is 17.3 Å². The first kappa shape index (κ1) is 16.9. The average molecular weight is 296 g/mol. The smallest absolute Gasteiger partial charge is 0.236 e. The molecule has 0 bridgehead atoms. The van der Waals surface area contributed by atoms with Gasteiger partial charge in [0.05, 0.1) is 13.1 Å². The molecule has 1 rings (SSSR count). The van der Waals surface area contributed by atoms with E-state index in [2.05, 4.69) is 10.3 Å². The lowest BCUT2D eigenvalue weighted by Gasteiger charge is -2.26. The highest BCUT2D eigenvalue weighted by atomic mass is 16.2. The second-order valence-corrected chi connectivity index (χ2v) is 4.70. The van der Waals surface area contributed by atoms with Crippen molar-refractivity contribution >= 4 is 5.91 Å². The van der Waals surface area contributed by atoms with Crippen molar-refractivity contribution in [2.24, 2.45) is 27.6 Å². The quantitative estimate of drug-likeness (QED) is 0.406. The molecular weight excluding hydrogens is 272 g/mol. The van der Waals surface area contributed by atoms with E-state index >= 15 is 0 Å². The first-order valence-corrected chi connectivity index (χ1v) is 6.73. The van der Waals surface area contributed by atoms with Crippen LogP contribution in [0.5, 0.6) is 0 Å². The second kappa shape index (κ2) is 8.22. The van der Waals surface area contributed by atoms with Gasteiger partial charge in [-0.15, -0.1) is 0 Å². The fourth-order valence-electron chi connectivity index (χ4n) is 1.71. The topological polar surface area (TPSA) is 130 Å². The highest BCUT2D eigenvalue weighted by Gasteiger charge is 2.18. The Bertz CT molecular complexity index is 419. The van der Waals surface area contributed by atoms with Crippen LogP contribution in [-0.2, 0) is 4.79 Å². The molecule has 1 unspecified atom stereocenters. The molecule has 1 amide bonds. The maximum atomic E-state index is 11.9. The van der Waals surface area contributed by atoms with Crippen molar-refractivity contribution in [2.45, 2.75) is 13.0 Å². The van der Waals surface area contributed by atoms with E-state index in [0.29, 0.717) is 18.8 Å². The van der Waals surface area contributed by atoms with Gasteiger partial charge in [0, 0.05) is 38.2 Å². The van der Waals surface area contributed by atoms with Gasteiger partial charge in [-0.1, -0.05) is 5.22 Å². The summed E-state index contributed by atoms with van der Waals surface area (Å²) in [5, 5.41) is 11.0. The molecule has 0 aromatic heterocycles. The molecule has 0 aliphatic carbocycles. The molecule has 1 aliphatic rings. The van der Waals surface area contributed by atoms with Gasteiger partial charge < -0.3 is 21.4 Å². The maximum absolute atomic E-state index is 11.9. The second-order valence-electron chi connectivity index (χ2n) is 4.70. The van der Waals surface area contributed by atoms with Crippen LogP contribution in [0.3, 0.4) is 0 Å². The number of hydrazine groups is 1. The van der Waals surface area contributed by atoms with Gasteiger partial charge in [0.2, 0.25) is 5.91 Å². The van der Waals surface area contributed by atoms with Crippen molar-refractivity contribution in [3.05, 3.63) is 24.2 Å². The normalized spacial score (nSPS) is 18.0. The fraction of sp³-hybridized carbons (Fsp3) is 0.583. The van der Waals surface area contributed by atoms with E-state index in [0.717, 1.165) is 0 Å². The molecule has 0 saturated heterocycles. The number of carbonyl (C=O) groups is 1. The molecule has 118 valence electrons. The maximum Gasteiger partial charge on any atom is 0.236 e. The molecule has 0 aromatic carbocycles. The Morgan fingerprint density at radius 3 is 2.76 bits per heavy atom. The minimum Gasteiger partial charge on any atom is -0.399 e. The Morgan fingerprint density at radius 2 is 2.24 bits per heavy atom. The summed E-state index contributed by atoms with van der Waals surface area (Å²) in [7, 11) is 1.78. The van der Waals surface area contributed by atoms with Gasteiger partial charge in [-0.25, -0.2) is 5.84 Å². The summed E-state index contributed by atoms with van der Waals surface area (Å²) in [5.41, 5.74) is 11.8. The van der Waals surface area contributed by atoms with Gasteiger partial charge >= 0.3 is 0 Å². The third kappa shape index (κ3) is 5.79. The molecule has 1 atom stereocenters. The monoisotopic (exact) mass is 296 g/mol. The van der Waals surface area contributed by atoms with E-state index in [1.807, 2.05) is 13.0 Å². The van der Waals surface area contributed by atoms with Gasteiger partial charge in [-0.05, 0) is 13.0 Å². The molecule has 0 fully saturated rings. The highest BCUT2D eigenvalue weighted by Crippen LogP contribution is 2.08. The summed E-state index contributed by atoms with van der Waals surface area (Å²) in [6.07, 6.45) is 5.26. The van der Waals surface area contributed by atoms with Crippen molar-refractivity contribution in [3.8, 4) is 0 Å². The summed E-state index contributed by atoms with van der Waals surface area (Å²) in [4.78, 5) is 13.5. The number of rotatable bonds is 7. The van der Waals surface area contributed by atoms with Gasteiger partial charge in [-0.2, -0.15) is 5.11 Å². The van der Waals surface area contributed by atoms with Gasteiger partial charge in [0.25, 0.3) is 0 Å². The van der Waals surface area contributed by atoms with E-state index in [-0.39, 0.29) is 25.0 Å². The fourth-order valence-corrected chi connectivity index (χ4v) is 1.71. The molecule has 9 nitrogen and oxygen atoms in total.